The molecule has 0 saturated carbocycles. The summed E-state index contributed by atoms with van der Waals surface area (Å²) in [6.07, 6.45) is 0.576. The number of ether oxygens (including phenoxy) is 1. The second kappa shape index (κ2) is 20.7. The van der Waals surface area contributed by atoms with Crippen LogP contribution in [0.5, 0.6) is 23.0 Å². The first-order valence-corrected chi connectivity index (χ1v) is 24.4. The predicted octanol–water partition coefficient (Wildman–Crippen LogP) is 10.1. The Morgan fingerprint density at radius 2 is 1.33 bits per heavy atom. The molecule has 0 unspecified atom stereocenters. The Bertz CT molecular complexity index is 3340. The van der Waals surface area contributed by atoms with Gasteiger partial charge in [0, 0.05) is 97.0 Å². The maximum atomic E-state index is 12.9. The van der Waals surface area contributed by atoms with Crippen LogP contribution < -0.4 is 25.9 Å². The van der Waals surface area contributed by atoms with Gasteiger partial charge in [-0.1, -0.05) is 72.4 Å². The van der Waals surface area contributed by atoms with Gasteiger partial charge in [-0.05, 0) is 88.6 Å². The van der Waals surface area contributed by atoms with Crippen molar-refractivity contribution in [3.05, 3.63) is 163 Å². The van der Waals surface area contributed by atoms with Crippen LogP contribution in [0.3, 0.4) is 0 Å². The van der Waals surface area contributed by atoms with Crippen LogP contribution in [0.4, 0.5) is 0 Å². The first-order valence-electron chi connectivity index (χ1n) is 22.4. The molecular formula is C56H53NO11S2. The predicted molar refractivity (Wildman–Crippen MR) is 278 cm³/mol. The van der Waals surface area contributed by atoms with E-state index < -0.39 is 11.9 Å². The maximum Gasteiger partial charge on any atom is 0.336 e. The molecule has 0 aromatic heterocycles. The summed E-state index contributed by atoms with van der Waals surface area (Å²) >= 11 is 3.47. The van der Waals surface area contributed by atoms with Gasteiger partial charge in [-0.3, -0.25) is 14.4 Å². The summed E-state index contributed by atoms with van der Waals surface area (Å²) in [5.41, 5.74) is 4.39. The van der Waals surface area contributed by atoms with Gasteiger partial charge < -0.3 is 34.9 Å². The van der Waals surface area contributed by atoms with E-state index in [4.69, 9.17) is 9.15 Å². The number of Topliss-reactive ketones (excluding diaryl/α,β-unsaturated/α-hetero) is 1. The van der Waals surface area contributed by atoms with Gasteiger partial charge in [0.05, 0.1) is 11.1 Å². The number of phenolic OH excluding ortho intramolecular Hbond substituents is 2. The highest BCUT2D eigenvalue weighted by Crippen LogP contribution is 2.43. The molecule has 1 aliphatic carbocycles. The van der Waals surface area contributed by atoms with Crippen LogP contribution in [0.15, 0.2) is 118 Å². The lowest BCUT2D eigenvalue weighted by molar-refractivity contribution is -0.118. The highest BCUT2D eigenvalue weighted by molar-refractivity contribution is 8.00. The molecule has 0 fully saturated rings. The van der Waals surface area contributed by atoms with Crippen molar-refractivity contribution in [2.24, 2.45) is 0 Å². The minimum Gasteiger partial charge on any atom is -0.508 e. The summed E-state index contributed by atoms with van der Waals surface area (Å²) in [6.45, 7) is 17.1. The zero-order valence-corrected chi connectivity index (χ0v) is 41.2. The van der Waals surface area contributed by atoms with Crippen molar-refractivity contribution in [2.75, 3.05) is 18.1 Å². The molecule has 12 nitrogen and oxygen atoms in total. The summed E-state index contributed by atoms with van der Waals surface area (Å²) in [6, 6.07) is 28.6. The molecule has 5 aromatic rings. The van der Waals surface area contributed by atoms with Crippen LogP contribution in [0, 0.1) is 0 Å². The summed E-state index contributed by atoms with van der Waals surface area (Å²) in [7, 11) is 0. The Kier molecular flexibility index (Phi) is 15.0. The molecule has 70 heavy (non-hydrogen) atoms. The fourth-order valence-corrected chi connectivity index (χ4v) is 9.71. The molecule has 14 heteroatoms. The summed E-state index contributed by atoms with van der Waals surface area (Å²) in [5.74, 6) is 0.217. The number of rotatable bonds is 13. The number of aromatic carboxylic acids is 2. The first-order chi connectivity index (χ1) is 33.0. The highest BCUT2D eigenvalue weighted by Gasteiger charge is 2.26. The van der Waals surface area contributed by atoms with Crippen LogP contribution in [0.25, 0.3) is 45.6 Å². The number of ketones is 1. The van der Waals surface area contributed by atoms with Crippen LogP contribution in [-0.2, 0) is 11.2 Å². The van der Waals surface area contributed by atoms with E-state index in [-0.39, 0.29) is 61.4 Å². The number of carboxylic acids is 2. The Balaban J connectivity index is 0.000000206. The topological polar surface area (TPSA) is 201 Å². The standard InChI is InChI=1S/C28H27NO5S.C28H26O6S/c1-16-5-8-20-23(13-16)34-24-15-18(30)7-10-21(24)25(20)22-14-17(6-9-19(22)27(32)33)26(31)29-11-12-35-28(2,3)4;1-28(2,3)35-11-10-19(31)12-16-4-7-20(23(13-16)27(32)33)26-21-8-5-17(29)14-24(21)34-25-15-18(30)6-9-22(25)26/h5-10,13-15,30H,1,11-12H2,2-4H3,(H,29,31)(H,32,33);4-9,13-15,29H,10-12H2,1-3H3,(H,32,33). The number of amides is 1. The normalized spacial score (nSPS) is 12.1. The number of hydrogen-bond donors (Lipinski definition) is 5. The molecule has 5 aromatic carbocycles. The van der Waals surface area contributed by atoms with Crippen LogP contribution in [-0.4, -0.2) is 71.6 Å². The quantitative estimate of drug-likeness (QED) is 0.0540. The zero-order chi connectivity index (χ0) is 50.7. The van der Waals surface area contributed by atoms with Gasteiger partial charge in [-0.25, -0.2) is 9.59 Å². The number of carbonyl (C=O) groups is 4. The molecular weight excluding hydrogens is 927 g/mol. The van der Waals surface area contributed by atoms with Crippen molar-refractivity contribution in [3.8, 4) is 45.4 Å². The number of fused-ring (bicyclic) bond motifs is 4. The molecule has 3 aliphatic rings. The number of phenols is 2. The van der Waals surface area contributed by atoms with E-state index in [0.717, 1.165) is 11.0 Å². The molecule has 0 atom stereocenters. The molecule has 0 spiro atoms. The van der Waals surface area contributed by atoms with Gasteiger partial charge in [-0.15, -0.1) is 0 Å². The average Bonchev–Trinajstić information content (AvgIpc) is 3.27. The average molecular weight is 980 g/mol. The number of hydrogen-bond acceptors (Lipinski definition) is 11. The lowest BCUT2D eigenvalue weighted by Crippen LogP contribution is -2.27. The van der Waals surface area contributed by atoms with Gasteiger partial charge in [0.15, 0.2) is 5.43 Å². The van der Waals surface area contributed by atoms with Crippen LogP contribution >= 0.6 is 23.5 Å². The smallest absolute Gasteiger partial charge is 0.336 e. The molecule has 0 radical (unpaired) electrons. The van der Waals surface area contributed by atoms with Crippen LogP contribution in [0.2, 0.25) is 0 Å². The molecule has 8 rings (SSSR count). The van der Waals surface area contributed by atoms with Gasteiger partial charge in [0.25, 0.3) is 5.91 Å². The van der Waals surface area contributed by atoms with E-state index in [2.05, 4.69) is 53.4 Å². The number of carbonyl (C=O) groups excluding carboxylic acids is 2. The van der Waals surface area contributed by atoms with E-state index in [1.165, 1.54) is 54.6 Å². The molecule has 5 N–H and O–H groups in total. The Morgan fingerprint density at radius 1 is 0.657 bits per heavy atom. The number of aromatic hydroxyl groups is 2. The second-order valence-corrected chi connectivity index (χ2v) is 22.5. The van der Waals surface area contributed by atoms with E-state index in [1.54, 1.807) is 66.0 Å². The third-order valence-electron chi connectivity index (χ3n) is 11.1. The monoisotopic (exact) mass is 979 g/mol. The molecule has 0 bridgehead atoms. The van der Waals surface area contributed by atoms with E-state index in [1.807, 2.05) is 12.1 Å². The lowest BCUT2D eigenvalue weighted by atomic mass is 9.88. The number of benzene rings is 6. The minimum absolute atomic E-state index is 0.0122. The van der Waals surface area contributed by atoms with Crippen molar-refractivity contribution < 1.29 is 48.8 Å². The SMILES string of the molecule is C=c1ccc2c(c1)Oc1cc(O)ccc1C=2c1cc(C(=O)NCCSC(C)(C)C)ccc1C(=O)O.CC(C)(C)SCCC(=O)Cc1ccc(-c2c3ccc(=O)cc-3oc3cc(O)ccc23)c(C(=O)O)c1. The third kappa shape index (κ3) is 12.1. The second-order valence-electron chi connectivity index (χ2n) is 18.7. The largest absolute Gasteiger partial charge is 0.508 e. The fourth-order valence-electron chi connectivity index (χ4n) is 7.95. The van der Waals surface area contributed by atoms with Crippen LogP contribution in [0.1, 0.15) is 95.7 Å². The van der Waals surface area contributed by atoms with Crippen molar-refractivity contribution in [3.63, 3.8) is 0 Å². The Morgan fingerprint density at radius 3 is 2.04 bits per heavy atom. The fraction of sp³-hybridized carbons (Fsp3) is 0.232. The van der Waals surface area contributed by atoms with Gasteiger partial charge in [0.1, 0.15) is 40.1 Å². The Hall–Kier alpha value is -7.29. The van der Waals surface area contributed by atoms with Crippen molar-refractivity contribution in [2.45, 2.75) is 63.9 Å². The van der Waals surface area contributed by atoms with Crippen molar-refractivity contribution in [1.29, 1.82) is 0 Å². The van der Waals surface area contributed by atoms with E-state index >= 15 is 0 Å². The van der Waals surface area contributed by atoms with E-state index in [0.29, 0.717) is 90.9 Å². The lowest BCUT2D eigenvalue weighted by Gasteiger charge is -2.22. The molecule has 2 aliphatic heterocycles. The van der Waals surface area contributed by atoms with Gasteiger partial charge in [-0.2, -0.15) is 23.5 Å². The third-order valence-corrected chi connectivity index (χ3v) is 13.6. The maximum absolute atomic E-state index is 12.9. The zero-order valence-electron chi connectivity index (χ0n) is 39.6. The highest BCUT2D eigenvalue weighted by atomic mass is 32.2. The van der Waals surface area contributed by atoms with E-state index in [9.17, 15) is 44.4 Å². The molecule has 0 saturated heterocycles. The summed E-state index contributed by atoms with van der Waals surface area (Å²) < 4.78 is 12.0. The minimum atomic E-state index is -1.13. The number of nitrogens with one attached hydrogen (secondary N) is 1. The summed E-state index contributed by atoms with van der Waals surface area (Å²) in [5, 5.41) is 44.9. The number of thioether (sulfide) groups is 2. The molecule has 2 heterocycles. The van der Waals surface area contributed by atoms with Gasteiger partial charge >= 0.3 is 11.9 Å². The van der Waals surface area contributed by atoms with Gasteiger partial charge in [0.2, 0.25) is 0 Å². The number of carboxylic acid groups (broad SMARTS) is 2. The first kappa shape index (κ1) is 50.6. The molecule has 360 valence electrons. The Labute approximate surface area is 413 Å². The molecule has 1 amide bonds. The van der Waals surface area contributed by atoms with Crippen molar-refractivity contribution in [1.82, 2.24) is 5.32 Å². The summed E-state index contributed by atoms with van der Waals surface area (Å²) in [4.78, 5) is 61.9. The van der Waals surface area contributed by atoms with Crippen molar-refractivity contribution >= 4 is 70.3 Å².